The predicted molar refractivity (Wildman–Crippen MR) is 82.3 cm³/mol. The van der Waals surface area contributed by atoms with Crippen molar-refractivity contribution in [3.05, 3.63) is 40.7 Å². The van der Waals surface area contributed by atoms with Crippen molar-refractivity contribution in [3.8, 4) is 0 Å². The third-order valence-corrected chi connectivity index (χ3v) is 5.05. The molecule has 0 bridgehead atoms. The van der Waals surface area contributed by atoms with Crippen molar-refractivity contribution < 1.29 is 8.42 Å². The summed E-state index contributed by atoms with van der Waals surface area (Å²) < 4.78 is 29.2. The largest absolute Gasteiger partial charge is 0.397 e. The van der Waals surface area contributed by atoms with E-state index >= 15 is 0 Å². The lowest BCUT2D eigenvalue weighted by Crippen LogP contribution is -2.25. The zero-order valence-electron chi connectivity index (χ0n) is 12.6. The van der Waals surface area contributed by atoms with E-state index in [9.17, 15) is 8.42 Å². The van der Waals surface area contributed by atoms with Gasteiger partial charge in [0.25, 0.3) is 0 Å². The Morgan fingerprint density at radius 1 is 1.24 bits per heavy atom. The van der Waals surface area contributed by atoms with E-state index in [1.165, 1.54) is 0 Å². The number of benzene rings is 1. The summed E-state index contributed by atoms with van der Waals surface area (Å²) in [4.78, 5) is 0.157. The standard InChI is InChI=1S/C14H20N4O2S/c1-9-5-6-10(2)14(13(9)15)21(19,20)16-7-12-8-18(4)17-11(12)3/h5-6,8,16H,7,15H2,1-4H3. The summed E-state index contributed by atoms with van der Waals surface area (Å²) in [6.45, 7) is 5.56. The maximum atomic E-state index is 12.5. The Kier molecular flexibility index (Phi) is 4.06. The predicted octanol–water partition coefficient (Wildman–Crippen LogP) is 1.41. The molecule has 1 aromatic carbocycles. The minimum atomic E-state index is -3.66. The molecule has 3 N–H and O–H groups in total. The third-order valence-electron chi connectivity index (χ3n) is 3.45. The molecule has 0 saturated heterocycles. The second-order valence-electron chi connectivity index (χ2n) is 5.18. The van der Waals surface area contributed by atoms with Crippen LogP contribution in [0.25, 0.3) is 0 Å². The van der Waals surface area contributed by atoms with E-state index < -0.39 is 10.0 Å². The molecule has 21 heavy (non-hydrogen) atoms. The summed E-state index contributed by atoms with van der Waals surface area (Å²) in [7, 11) is -1.86. The van der Waals surface area contributed by atoms with Crippen molar-refractivity contribution in [2.75, 3.05) is 5.73 Å². The fourth-order valence-electron chi connectivity index (χ4n) is 2.23. The van der Waals surface area contributed by atoms with Gasteiger partial charge >= 0.3 is 0 Å². The molecule has 0 atom stereocenters. The average molecular weight is 308 g/mol. The van der Waals surface area contributed by atoms with Gasteiger partial charge in [-0.2, -0.15) is 5.10 Å². The van der Waals surface area contributed by atoms with E-state index in [1.807, 2.05) is 13.0 Å². The van der Waals surface area contributed by atoms with Crippen molar-refractivity contribution in [3.63, 3.8) is 0 Å². The van der Waals surface area contributed by atoms with Gasteiger partial charge in [-0.1, -0.05) is 12.1 Å². The number of nitrogens with zero attached hydrogens (tertiary/aromatic N) is 2. The number of aromatic nitrogens is 2. The highest BCUT2D eigenvalue weighted by atomic mass is 32.2. The third kappa shape index (κ3) is 3.08. The highest BCUT2D eigenvalue weighted by molar-refractivity contribution is 7.89. The molecule has 2 rings (SSSR count). The molecule has 0 amide bonds. The van der Waals surface area contributed by atoms with E-state index in [-0.39, 0.29) is 11.4 Å². The number of nitrogens with one attached hydrogen (secondary N) is 1. The van der Waals surface area contributed by atoms with Gasteiger partial charge < -0.3 is 5.73 Å². The first-order valence-electron chi connectivity index (χ1n) is 6.57. The van der Waals surface area contributed by atoms with Gasteiger partial charge in [-0.3, -0.25) is 4.68 Å². The maximum absolute atomic E-state index is 12.5. The van der Waals surface area contributed by atoms with Crippen LogP contribution in [0.5, 0.6) is 0 Å². The summed E-state index contributed by atoms with van der Waals surface area (Å²) in [6.07, 6.45) is 1.80. The Hall–Kier alpha value is -1.86. The molecule has 0 aliphatic carbocycles. The smallest absolute Gasteiger partial charge is 0.243 e. The van der Waals surface area contributed by atoms with Crippen molar-refractivity contribution in [2.45, 2.75) is 32.2 Å². The Labute approximate surface area is 125 Å². The SMILES string of the molecule is Cc1ccc(C)c(S(=O)(=O)NCc2cn(C)nc2C)c1N. The second-order valence-corrected chi connectivity index (χ2v) is 6.88. The number of sulfonamides is 1. The topological polar surface area (TPSA) is 90.0 Å². The number of nitrogen functional groups attached to an aromatic ring is 1. The molecule has 0 spiro atoms. The van der Waals surface area contributed by atoms with Gasteiger partial charge in [0.15, 0.2) is 0 Å². The Morgan fingerprint density at radius 3 is 2.43 bits per heavy atom. The quantitative estimate of drug-likeness (QED) is 0.836. The molecule has 0 aliphatic heterocycles. The van der Waals surface area contributed by atoms with Gasteiger partial charge in [-0.25, -0.2) is 13.1 Å². The van der Waals surface area contributed by atoms with Gasteiger partial charge in [-0.05, 0) is 31.9 Å². The van der Waals surface area contributed by atoms with Crippen LogP contribution < -0.4 is 10.5 Å². The molecule has 0 radical (unpaired) electrons. The van der Waals surface area contributed by atoms with Crippen LogP contribution in [0.15, 0.2) is 23.2 Å². The monoisotopic (exact) mass is 308 g/mol. The van der Waals surface area contributed by atoms with Crippen molar-refractivity contribution in [2.24, 2.45) is 7.05 Å². The fraction of sp³-hybridized carbons (Fsp3) is 0.357. The summed E-state index contributed by atoms with van der Waals surface area (Å²) in [6, 6.07) is 3.57. The first kappa shape index (κ1) is 15.5. The van der Waals surface area contributed by atoms with Gasteiger partial charge in [-0.15, -0.1) is 0 Å². The van der Waals surface area contributed by atoms with Crippen molar-refractivity contribution in [1.29, 1.82) is 0 Å². The minimum Gasteiger partial charge on any atom is -0.397 e. The number of hydrogen-bond acceptors (Lipinski definition) is 4. The minimum absolute atomic E-state index is 0.157. The lowest BCUT2D eigenvalue weighted by atomic mass is 10.1. The Morgan fingerprint density at radius 2 is 1.86 bits per heavy atom. The van der Waals surface area contributed by atoms with Crippen molar-refractivity contribution >= 4 is 15.7 Å². The van der Waals surface area contributed by atoms with Crippen molar-refractivity contribution in [1.82, 2.24) is 14.5 Å². The lowest BCUT2D eigenvalue weighted by Gasteiger charge is -2.13. The van der Waals surface area contributed by atoms with E-state index in [0.717, 1.165) is 16.8 Å². The zero-order chi connectivity index (χ0) is 15.8. The molecule has 1 aromatic heterocycles. The molecule has 0 saturated carbocycles. The lowest BCUT2D eigenvalue weighted by molar-refractivity contribution is 0.581. The van der Waals surface area contributed by atoms with Crippen LogP contribution >= 0.6 is 0 Å². The molecule has 6 nitrogen and oxygen atoms in total. The van der Waals surface area contributed by atoms with E-state index in [2.05, 4.69) is 9.82 Å². The molecule has 0 aliphatic rings. The Bertz CT molecular complexity index is 779. The van der Waals surface area contributed by atoms with E-state index in [0.29, 0.717) is 11.3 Å². The van der Waals surface area contributed by atoms with E-state index in [1.54, 1.807) is 37.8 Å². The molecule has 1 heterocycles. The highest BCUT2D eigenvalue weighted by Gasteiger charge is 2.21. The Balaban J connectivity index is 2.31. The molecule has 7 heteroatoms. The van der Waals surface area contributed by atoms with E-state index in [4.69, 9.17) is 5.73 Å². The average Bonchev–Trinajstić information content (AvgIpc) is 2.70. The molecular formula is C14H20N4O2S. The maximum Gasteiger partial charge on any atom is 0.243 e. The number of aryl methyl sites for hydroxylation is 4. The second kappa shape index (κ2) is 5.50. The van der Waals surface area contributed by atoms with Crippen LogP contribution in [0, 0.1) is 20.8 Å². The van der Waals surface area contributed by atoms with Crippen LogP contribution in [-0.2, 0) is 23.6 Å². The summed E-state index contributed by atoms with van der Waals surface area (Å²) in [5.74, 6) is 0. The van der Waals surface area contributed by atoms with Crippen LogP contribution in [0.2, 0.25) is 0 Å². The molecule has 114 valence electrons. The first-order chi connectivity index (χ1) is 9.72. The fourth-order valence-corrected chi connectivity index (χ4v) is 3.66. The van der Waals surface area contributed by atoms with Gasteiger partial charge in [0.2, 0.25) is 10.0 Å². The van der Waals surface area contributed by atoms with Crippen LogP contribution in [0.3, 0.4) is 0 Å². The number of anilines is 1. The summed E-state index contributed by atoms with van der Waals surface area (Å²) in [5.41, 5.74) is 9.25. The number of hydrogen-bond donors (Lipinski definition) is 2. The van der Waals surface area contributed by atoms with Gasteiger partial charge in [0.1, 0.15) is 4.90 Å². The molecule has 0 fully saturated rings. The summed E-state index contributed by atoms with van der Waals surface area (Å²) >= 11 is 0. The van der Waals surface area contributed by atoms with Gasteiger partial charge in [0.05, 0.1) is 11.4 Å². The molecular weight excluding hydrogens is 288 g/mol. The highest BCUT2D eigenvalue weighted by Crippen LogP contribution is 2.25. The van der Waals surface area contributed by atoms with Crippen LogP contribution in [0.1, 0.15) is 22.4 Å². The number of rotatable bonds is 4. The summed E-state index contributed by atoms with van der Waals surface area (Å²) in [5, 5.41) is 4.19. The first-order valence-corrected chi connectivity index (χ1v) is 8.05. The molecule has 0 unspecified atom stereocenters. The van der Waals surface area contributed by atoms with Gasteiger partial charge in [0, 0.05) is 25.4 Å². The normalized spacial score (nSPS) is 11.8. The molecule has 2 aromatic rings. The zero-order valence-corrected chi connectivity index (χ0v) is 13.5. The number of nitrogens with two attached hydrogens (primary N) is 1. The van der Waals surface area contributed by atoms with Crippen LogP contribution in [-0.4, -0.2) is 18.2 Å². The van der Waals surface area contributed by atoms with Crippen LogP contribution in [0.4, 0.5) is 5.69 Å².